The van der Waals surface area contributed by atoms with Crippen LogP contribution in [0.3, 0.4) is 0 Å². The highest BCUT2D eigenvalue weighted by Gasteiger charge is 2.16. The number of anilines is 1. The lowest BCUT2D eigenvalue weighted by molar-refractivity contribution is 0.104. The molecule has 0 aliphatic heterocycles. The van der Waals surface area contributed by atoms with Gasteiger partial charge < -0.3 is 5.73 Å². The van der Waals surface area contributed by atoms with Gasteiger partial charge in [0.1, 0.15) is 5.82 Å². The molecule has 0 aliphatic rings. The highest BCUT2D eigenvalue weighted by atomic mass is 32.1. The molecule has 2 aromatic rings. The highest BCUT2D eigenvalue weighted by molar-refractivity contribution is 7.14. The Morgan fingerprint density at radius 1 is 1.53 bits per heavy atom. The molecule has 5 heteroatoms. The maximum Gasteiger partial charge on any atom is 0.208 e. The van der Waals surface area contributed by atoms with E-state index in [1.54, 1.807) is 7.05 Å². The number of carbonyl (C=O) groups excluding carboxylic acids is 1. The number of rotatable bonds is 2. The third kappa shape index (κ3) is 1.66. The van der Waals surface area contributed by atoms with E-state index < -0.39 is 0 Å². The standard InChI is InChI=1S/C10H11N3OS/c1-6-3-4-8(15-6)9(14)7-5-12-13(2)10(7)11/h3-5H,11H2,1-2H3. The molecule has 15 heavy (non-hydrogen) atoms. The van der Waals surface area contributed by atoms with E-state index in [0.717, 1.165) is 4.88 Å². The highest BCUT2D eigenvalue weighted by Crippen LogP contribution is 2.21. The lowest BCUT2D eigenvalue weighted by Gasteiger charge is -1.97. The molecule has 2 rings (SSSR count). The van der Waals surface area contributed by atoms with Gasteiger partial charge >= 0.3 is 0 Å². The number of aryl methyl sites for hydroxylation is 2. The lowest BCUT2D eigenvalue weighted by atomic mass is 10.2. The van der Waals surface area contributed by atoms with Gasteiger partial charge in [-0.25, -0.2) is 0 Å². The Morgan fingerprint density at radius 2 is 2.27 bits per heavy atom. The first-order valence-corrected chi connectivity index (χ1v) is 5.30. The molecule has 0 bridgehead atoms. The fraction of sp³-hybridized carbons (Fsp3) is 0.200. The van der Waals surface area contributed by atoms with Gasteiger partial charge in [0.2, 0.25) is 5.78 Å². The number of carbonyl (C=O) groups is 1. The Balaban J connectivity index is 2.41. The summed E-state index contributed by atoms with van der Waals surface area (Å²) >= 11 is 1.47. The monoisotopic (exact) mass is 221 g/mol. The summed E-state index contributed by atoms with van der Waals surface area (Å²) in [5.41, 5.74) is 6.20. The van der Waals surface area contributed by atoms with Crippen molar-refractivity contribution < 1.29 is 4.79 Å². The molecule has 0 saturated heterocycles. The summed E-state index contributed by atoms with van der Waals surface area (Å²) in [5.74, 6) is 0.352. The van der Waals surface area contributed by atoms with Crippen molar-refractivity contribution in [1.29, 1.82) is 0 Å². The van der Waals surface area contributed by atoms with Crippen LogP contribution in [0.15, 0.2) is 18.3 Å². The zero-order valence-corrected chi connectivity index (χ0v) is 9.34. The van der Waals surface area contributed by atoms with Crippen LogP contribution in [-0.4, -0.2) is 15.6 Å². The van der Waals surface area contributed by atoms with Gasteiger partial charge in [-0.1, -0.05) is 0 Å². The van der Waals surface area contributed by atoms with Crippen molar-refractivity contribution in [1.82, 2.24) is 9.78 Å². The Bertz CT molecular complexity index is 512. The largest absolute Gasteiger partial charge is 0.383 e. The van der Waals surface area contributed by atoms with Crippen LogP contribution in [0.5, 0.6) is 0 Å². The number of thiophene rings is 1. The molecule has 0 amide bonds. The van der Waals surface area contributed by atoms with Crippen LogP contribution in [0.2, 0.25) is 0 Å². The van der Waals surface area contributed by atoms with Gasteiger partial charge in [-0.3, -0.25) is 9.48 Å². The summed E-state index contributed by atoms with van der Waals surface area (Å²) in [7, 11) is 1.71. The van der Waals surface area contributed by atoms with Crippen LogP contribution < -0.4 is 5.73 Å². The average molecular weight is 221 g/mol. The zero-order chi connectivity index (χ0) is 11.0. The van der Waals surface area contributed by atoms with Crippen LogP contribution in [-0.2, 0) is 7.05 Å². The fourth-order valence-electron chi connectivity index (χ4n) is 1.31. The molecule has 0 aliphatic carbocycles. The van der Waals surface area contributed by atoms with E-state index in [1.807, 2.05) is 19.1 Å². The van der Waals surface area contributed by atoms with Gasteiger partial charge in [0.25, 0.3) is 0 Å². The molecular formula is C10H11N3OS. The third-order valence-corrected chi connectivity index (χ3v) is 3.19. The van der Waals surface area contributed by atoms with Crippen molar-refractivity contribution in [3.63, 3.8) is 0 Å². The maximum atomic E-state index is 12.0. The minimum atomic E-state index is -0.0568. The number of aromatic nitrogens is 2. The number of nitrogen functional groups attached to an aromatic ring is 1. The number of hydrogen-bond donors (Lipinski definition) is 1. The van der Waals surface area contributed by atoms with Crippen molar-refractivity contribution in [2.24, 2.45) is 7.05 Å². The summed E-state index contributed by atoms with van der Waals surface area (Å²) in [6, 6.07) is 3.74. The zero-order valence-electron chi connectivity index (χ0n) is 8.52. The SMILES string of the molecule is Cc1ccc(C(=O)c2cnn(C)c2N)s1. The Hall–Kier alpha value is -1.62. The van der Waals surface area contributed by atoms with Crippen molar-refractivity contribution in [3.05, 3.63) is 33.6 Å². The fourth-order valence-corrected chi connectivity index (χ4v) is 2.13. The van der Waals surface area contributed by atoms with E-state index in [4.69, 9.17) is 5.73 Å². The first-order chi connectivity index (χ1) is 7.09. The Morgan fingerprint density at radius 3 is 2.73 bits per heavy atom. The molecule has 78 valence electrons. The predicted molar refractivity (Wildman–Crippen MR) is 60.1 cm³/mol. The third-order valence-electron chi connectivity index (χ3n) is 2.19. The molecule has 0 unspecified atom stereocenters. The average Bonchev–Trinajstić information content (AvgIpc) is 2.75. The van der Waals surface area contributed by atoms with E-state index in [-0.39, 0.29) is 5.78 Å². The Labute approximate surface area is 91.3 Å². The van der Waals surface area contributed by atoms with Crippen molar-refractivity contribution >= 4 is 22.9 Å². The smallest absolute Gasteiger partial charge is 0.208 e. The van der Waals surface area contributed by atoms with Crippen molar-refractivity contribution in [2.75, 3.05) is 5.73 Å². The predicted octanol–water partition coefficient (Wildman–Crippen LogP) is 1.60. The molecule has 2 N–H and O–H groups in total. The number of ketones is 1. The van der Waals surface area contributed by atoms with Crippen molar-refractivity contribution in [2.45, 2.75) is 6.92 Å². The molecular weight excluding hydrogens is 210 g/mol. The quantitative estimate of drug-likeness (QED) is 0.783. The van der Waals surface area contributed by atoms with Crippen molar-refractivity contribution in [3.8, 4) is 0 Å². The van der Waals surface area contributed by atoms with Gasteiger partial charge in [-0.2, -0.15) is 5.10 Å². The summed E-state index contributed by atoms with van der Waals surface area (Å²) in [6.45, 7) is 1.97. The molecule has 2 heterocycles. The van der Waals surface area contributed by atoms with E-state index in [0.29, 0.717) is 16.3 Å². The lowest BCUT2D eigenvalue weighted by Crippen LogP contribution is -2.04. The van der Waals surface area contributed by atoms with E-state index in [2.05, 4.69) is 5.10 Å². The molecule has 2 aromatic heterocycles. The number of nitrogens with zero attached hydrogens (tertiary/aromatic N) is 2. The van der Waals surface area contributed by atoms with E-state index >= 15 is 0 Å². The van der Waals surface area contributed by atoms with Gasteiger partial charge in [-0.15, -0.1) is 11.3 Å². The minimum absolute atomic E-state index is 0.0568. The Kier molecular flexibility index (Phi) is 2.32. The van der Waals surface area contributed by atoms with E-state index in [1.165, 1.54) is 22.2 Å². The first-order valence-electron chi connectivity index (χ1n) is 4.48. The second-order valence-corrected chi connectivity index (χ2v) is 4.59. The van der Waals surface area contributed by atoms with Gasteiger partial charge in [0.15, 0.2) is 0 Å². The molecule has 0 atom stereocenters. The van der Waals surface area contributed by atoms with Crippen LogP contribution in [0.1, 0.15) is 20.1 Å². The molecule has 0 saturated carbocycles. The molecule has 0 aromatic carbocycles. The summed E-state index contributed by atoms with van der Waals surface area (Å²) in [5, 5.41) is 3.95. The summed E-state index contributed by atoms with van der Waals surface area (Å²) in [6.07, 6.45) is 1.51. The van der Waals surface area contributed by atoms with Crippen LogP contribution >= 0.6 is 11.3 Å². The second kappa shape index (κ2) is 3.51. The van der Waals surface area contributed by atoms with Crippen LogP contribution in [0.4, 0.5) is 5.82 Å². The summed E-state index contributed by atoms with van der Waals surface area (Å²) < 4.78 is 1.49. The molecule has 0 radical (unpaired) electrons. The van der Waals surface area contributed by atoms with Gasteiger partial charge in [0.05, 0.1) is 16.6 Å². The number of nitrogens with two attached hydrogens (primary N) is 1. The first kappa shape index (κ1) is 9.92. The molecule has 0 spiro atoms. The maximum absolute atomic E-state index is 12.0. The van der Waals surface area contributed by atoms with Gasteiger partial charge in [-0.05, 0) is 19.1 Å². The van der Waals surface area contributed by atoms with E-state index in [9.17, 15) is 4.79 Å². The number of hydrogen-bond acceptors (Lipinski definition) is 4. The second-order valence-electron chi connectivity index (χ2n) is 3.31. The van der Waals surface area contributed by atoms with Crippen LogP contribution in [0, 0.1) is 6.92 Å². The topological polar surface area (TPSA) is 60.9 Å². The normalized spacial score (nSPS) is 10.5. The molecule has 0 fully saturated rings. The van der Waals surface area contributed by atoms with Gasteiger partial charge in [0, 0.05) is 11.9 Å². The molecule has 4 nitrogen and oxygen atoms in total. The summed E-state index contributed by atoms with van der Waals surface area (Å²) in [4.78, 5) is 13.8. The van der Waals surface area contributed by atoms with Crippen LogP contribution in [0.25, 0.3) is 0 Å². The minimum Gasteiger partial charge on any atom is -0.383 e.